The molecule has 0 aromatic heterocycles. The zero-order valence-electron chi connectivity index (χ0n) is 9.29. The number of nitrogens with zero attached hydrogens (tertiary/aromatic N) is 1. The zero-order valence-corrected chi connectivity index (χ0v) is 10.0. The molecule has 0 aliphatic rings. The maximum absolute atomic E-state index is 8.39. The molecule has 0 aliphatic heterocycles. The summed E-state index contributed by atoms with van der Waals surface area (Å²) in [5, 5.41) is 12.3. The van der Waals surface area contributed by atoms with Crippen LogP contribution in [0.2, 0.25) is 5.02 Å². The van der Waals surface area contributed by atoms with Crippen molar-refractivity contribution in [1.82, 2.24) is 5.32 Å². The molecule has 0 saturated carbocycles. The summed E-state index contributed by atoms with van der Waals surface area (Å²) >= 11 is 6.08. The Morgan fingerprint density at radius 1 is 1.50 bits per heavy atom. The third-order valence-electron chi connectivity index (χ3n) is 2.24. The molecule has 16 heavy (non-hydrogen) atoms. The van der Waals surface area contributed by atoms with E-state index in [0.717, 1.165) is 24.3 Å². The normalized spacial score (nSPS) is 9.81. The van der Waals surface area contributed by atoms with Crippen molar-refractivity contribution in [2.45, 2.75) is 19.4 Å². The number of rotatable bonds is 6. The van der Waals surface area contributed by atoms with Crippen LogP contribution >= 0.6 is 11.6 Å². The average molecular weight is 239 g/mol. The van der Waals surface area contributed by atoms with E-state index < -0.39 is 0 Å². The lowest BCUT2D eigenvalue weighted by molar-refractivity contribution is 0.407. The van der Waals surface area contributed by atoms with Gasteiger partial charge >= 0.3 is 0 Å². The number of methoxy groups -OCH3 is 1. The standard InChI is InChI=1S/C12H15ClN2O/c1-16-12-6-4-5-11(13)10(12)9-15-8-3-2-7-14/h4-6,15H,2-3,8-9H2,1H3. The number of nitrogens with one attached hydrogen (secondary N) is 1. The molecule has 86 valence electrons. The first kappa shape index (κ1) is 12.8. The summed E-state index contributed by atoms with van der Waals surface area (Å²) in [5.41, 5.74) is 0.962. The van der Waals surface area contributed by atoms with Crippen LogP contribution < -0.4 is 10.1 Å². The number of ether oxygens (including phenoxy) is 1. The van der Waals surface area contributed by atoms with E-state index in [1.807, 2.05) is 18.2 Å². The lowest BCUT2D eigenvalue weighted by atomic mass is 10.2. The minimum Gasteiger partial charge on any atom is -0.496 e. The maximum atomic E-state index is 8.39. The van der Waals surface area contributed by atoms with Crippen LogP contribution in [-0.2, 0) is 6.54 Å². The molecule has 3 nitrogen and oxygen atoms in total. The first-order valence-corrected chi connectivity index (χ1v) is 5.56. The van der Waals surface area contributed by atoms with Gasteiger partial charge in [-0.25, -0.2) is 0 Å². The second kappa shape index (κ2) is 7.10. The molecule has 1 N–H and O–H groups in total. The van der Waals surface area contributed by atoms with Crippen LogP contribution in [0.1, 0.15) is 18.4 Å². The number of halogens is 1. The summed E-state index contributed by atoms with van der Waals surface area (Å²) in [5.74, 6) is 0.792. The van der Waals surface area contributed by atoms with Crippen LogP contribution in [0, 0.1) is 11.3 Å². The summed E-state index contributed by atoms with van der Waals surface area (Å²) in [7, 11) is 1.63. The van der Waals surface area contributed by atoms with Crippen LogP contribution in [-0.4, -0.2) is 13.7 Å². The molecule has 0 spiro atoms. The molecule has 0 atom stereocenters. The van der Waals surface area contributed by atoms with Gasteiger partial charge in [0.2, 0.25) is 0 Å². The molecule has 0 bridgehead atoms. The maximum Gasteiger partial charge on any atom is 0.124 e. The fourth-order valence-corrected chi connectivity index (χ4v) is 1.64. The van der Waals surface area contributed by atoms with Crippen molar-refractivity contribution in [2.75, 3.05) is 13.7 Å². The third-order valence-corrected chi connectivity index (χ3v) is 2.59. The van der Waals surface area contributed by atoms with E-state index in [1.165, 1.54) is 0 Å². The smallest absolute Gasteiger partial charge is 0.124 e. The Kier molecular flexibility index (Phi) is 5.69. The lowest BCUT2D eigenvalue weighted by Crippen LogP contribution is -2.15. The summed E-state index contributed by atoms with van der Waals surface area (Å²) in [6.45, 7) is 1.47. The topological polar surface area (TPSA) is 45.0 Å². The van der Waals surface area contributed by atoms with E-state index >= 15 is 0 Å². The van der Waals surface area contributed by atoms with Gasteiger partial charge in [0.05, 0.1) is 13.2 Å². The fraction of sp³-hybridized carbons (Fsp3) is 0.417. The Bertz CT molecular complexity index is 374. The van der Waals surface area contributed by atoms with Gasteiger partial charge in [-0.15, -0.1) is 0 Å². The van der Waals surface area contributed by atoms with Gasteiger partial charge in [-0.1, -0.05) is 17.7 Å². The van der Waals surface area contributed by atoms with Crippen molar-refractivity contribution >= 4 is 11.6 Å². The molecule has 0 heterocycles. The highest BCUT2D eigenvalue weighted by atomic mass is 35.5. The molecule has 0 unspecified atom stereocenters. The average Bonchev–Trinajstić information content (AvgIpc) is 2.30. The molecular weight excluding hydrogens is 224 g/mol. The Labute approximate surface area is 101 Å². The Balaban J connectivity index is 2.50. The third kappa shape index (κ3) is 3.73. The molecule has 0 amide bonds. The van der Waals surface area contributed by atoms with Crippen molar-refractivity contribution in [2.24, 2.45) is 0 Å². The summed E-state index contributed by atoms with van der Waals surface area (Å²) in [4.78, 5) is 0. The van der Waals surface area contributed by atoms with Crippen molar-refractivity contribution in [1.29, 1.82) is 5.26 Å². The second-order valence-electron chi connectivity index (χ2n) is 3.36. The van der Waals surface area contributed by atoms with E-state index in [-0.39, 0.29) is 0 Å². The van der Waals surface area contributed by atoms with E-state index in [4.69, 9.17) is 21.6 Å². The number of hydrogen-bond donors (Lipinski definition) is 1. The largest absolute Gasteiger partial charge is 0.496 e. The number of hydrogen-bond acceptors (Lipinski definition) is 3. The van der Waals surface area contributed by atoms with E-state index in [1.54, 1.807) is 7.11 Å². The fourth-order valence-electron chi connectivity index (χ4n) is 1.41. The highest BCUT2D eigenvalue weighted by molar-refractivity contribution is 6.31. The Hall–Kier alpha value is -1.24. The van der Waals surface area contributed by atoms with E-state index in [0.29, 0.717) is 18.0 Å². The van der Waals surface area contributed by atoms with Gasteiger partial charge in [0.25, 0.3) is 0 Å². The monoisotopic (exact) mass is 238 g/mol. The molecule has 1 aromatic rings. The summed E-state index contributed by atoms with van der Waals surface area (Å²) in [6, 6.07) is 7.70. The van der Waals surface area contributed by atoms with Gasteiger partial charge < -0.3 is 10.1 Å². The first-order chi connectivity index (χ1) is 7.79. The molecular formula is C12H15ClN2O. The highest BCUT2D eigenvalue weighted by Gasteiger charge is 2.06. The van der Waals surface area contributed by atoms with Crippen LogP contribution in [0.4, 0.5) is 0 Å². The highest BCUT2D eigenvalue weighted by Crippen LogP contribution is 2.25. The van der Waals surface area contributed by atoms with E-state index in [9.17, 15) is 0 Å². The molecule has 1 aromatic carbocycles. The van der Waals surface area contributed by atoms with Gasteiger partial charge in [-0.3, -0.25) is 0 Å². The van der Waals surface area contributed by atoms with Crippen LogP contribution in [0.3, 0.4) is 0 Å². The van der Waals surface area contributed by atoms with Crippen LogP contribution in [0.25, 0.3) is 0 Å². The van der Waals surface area contributed by atoms with Gasteiger partial charge in [0.1, 0.15) is 5.75 Å². The Morgan fingerprint density at radius 2 is 2.31 bits per heavy atom. The molecule has 0 saturated heterocycles. The molecule has 0 fully saturated rings. The number of unbranched alkanes of at least 4 members (excludes halogenated alkanes) is 1. The van der Waals surface area contributed by atoms with Crippen LogP contribution in [0.5, 0.6) is 5.75 Å². The minimum absolute atomic E-state index is 0.576. The van der Waals surface area contributed by atoms with Crippen molar-refractivity contribution in [3.8, 4) is 11.8 Å². The van der Waals surface area contributed by atoms with Crippen LogP contribution in [0.15, 0.2) is 18.2 Å². The summed E-state index contributed by atoms with van der Waals surface area (Å²) in [6.07, 6.45) is 1.43. The molecule has 1 rings (SSSR count). The van der Waals surface area contributed by atoms with Crippen molar-refractivity contribution < 1.29 is 4.74 Å². The predicted molar refractivity (Wildman–Crippen MR) is 64.6 cm³/mol. The number of benzene rings is 1. The minimum atomic E-state index is 0.576. The predicted octanol–water partition coefficient (Wildman–Crippen LogP) is 2.74. The summed E-state index contributed by atoms with van der Waals surface area (Å²) < 4.78 is 5.23. The van der Waals surface area contributed by atoms with E-state index in [2.05, 4.69) is 11.4 Å². The molecule has 4 heteroatoms. The quantitative estimate of drug-likeness (QED) is 0.776. The van der Waals surface area contributed by atoms with Gasteiger partial charge in [-0.2, -0.15) is 5.26 Å². The van der Waals surface area contributed by atoms with Gasteiger partial charge in [0, 0.05) is 23.6 Å². The second-order valence-corrected chi connectivity index (χ2v) is 3.77. The van der Waals surface area contributed by atoms with Crippen molar-refractivity contribution in [3.05, 3.63) is 28.8 Å². The van der Waals surface area contributed by atoms with Gasteiger partial charge in [0.15, 0.2) is 0 Å². The number of nitriles is 1. The Morgan fingerprint density at radius 3 is 3.00 bits per heavy atom. The lowest BCUT2D eigenvalue weighted by Gasteiger charge is -2.10. The zero-order chi connectivity index (χ0) is 11.8. The first-order valence-electron chi connectivity index (χ1n) is 5.18. The molecule has 0 radical (unpaired) electrons. The molecule has 0 aliphatic carbocycles. The van der Waals surface area contributed by atoms with Gasteiger partial charge in [-0.05, 0) is 25.1 Å². The SMILES string of the molecule is COc1cccc(Cl)c1CNCCCC#N. The van der Waals surface area contributed by atoms with Crippen molar-refractivity contribution in [3.63, 3.8) is 0 Å².